The van der Waals surface area contributed by atoms with Crippen LogP contribution in [0.3, 0.4) is 0 Å². The molecule has 1 N–H and O–H groups in total. The van der Waals surface area contributed by atoms with Gasteiger partial charge in [0.05, 0.1) is 0 Å². The average molecular weight is 429 g/mol. The first kappa shape index (κ1) is 21.6. The first-order chi connectivity index (χ1) is 15.6. The van der Waals surface area contributed by atoms with E-state index in [1.54, 1.807) is 0 Å². The van der Waals surface area contributed by atoms with Crippen molar-refractivity contribution in [3.8, 4) is 17.2 Å². The average Bonchev–Trinajstić information content (AvgIpc) is 3.26. The Morgan fingerprint density at radius 2 is 1.88 bits per heavy atom. The van der Waals surface area contributed by atoms with Gasteiger partial charge in [0.25, 0.3) is 5.91 Å². The number of anilines is 1. The number of aromatic nitrogens is 1. The van der Waals surface area contributed by atoms with Crippen LogP contribution in [0.1, 0.15) is 44.2 Å². The maximum atomic E-state index is 12.4. The summed E-state index contributed by atoms with van der Waals surface area (Å²) in [5.74, 6) is 1.49. The highest BCUT2D eigenvalue weighted by Gasteiger charge is 2.11. The molecule has 0 bridgehead atoms. The molecule has 5 nitrogen and oxygen atoms in total. The summed E-state index contributed by atoms with van der Waals surface area (Å²) in [6.07, 6.45) is 2.04. The van der Waals surface area contributed by atoms with Gasteiger partial charge in [0.2, 0.25) is 5.89 Å². The molecule has 0 fully saturated rings. The maximum absolute atomic E-state index is 12.4. The summed E-state index contributed by atoms with van der Waals surface area (Å²) in [6.45, 7) is 6.41. The Hall–Kier alpha value is -3.60. The molecule has 32 heavy (non-hydrogen) atoms. The lowest BCUT2D eigenvalue weighted by atomic mass is 9.99. The molecule has 0 saturated carbocycles. The molecule has 0 saturated heterocycles. The number of carbonyl (C=O) groups is 1. The van der Waals surface area contributed by atoms with E-state index in [1.165, 1.54) is 11.1 Å². The molecule has 4 aromatic rings. The fraction of sp³-hybridized carbons (Fsp3) is 0.259. The second-order valence-electron chi connectivity index (χ2n) is 7.97. The lowest BCUT2D eigenvalue weighted by Crippen LogP contribution is -2.20. The molecule has 1 unspecified atom stereocenters. The quantitative estimate of drug-likeness (QED) is 0.344. The SMILES string of the molecule is CCc1ccc2oc(-c3cccc(NC(=O)COc4ccc(C(C)CC)cc4)c3)nc2c1. The van der Waals surface area contributed by atoms with E-state index in [1.807, 2.05) is 54.6 Å². The number of nitrogens with zero attached hydrogens (tertiary/aromatic N) is 1. The third-order valence-electron chi connectivity index (χ3n) is 5.68. The standard InChI is InChI=1S/C27H28N2O3/c1-4-18(3)20-10-12-23(13-11-20)31-17-26(30)28-22-8-6-7-21(16-22)27-29-24-15-19(5-2)9-14-25(24)32-27/h6-16,18H,4-5,17H2,1-3H3,(H,28,30). The molecule has 5 heteroatoms. The van der Waals surface area contributed by atoms with Crippen LogP contribution >= 0.6 is 0 Å². The summed E-state index contributed by atoms with van der Waals surface area (Å²) < 4.78 is 11.5. The van der Waals surface area contributed by atoms with E-state index in [0.29, 0.717) is 23.2 Å². The van der Waals surface area contributed by atoms with E-state index in [-0.39, 0.29) is 12.5 Å². The molecule has 1 heterocycles. The van der Waals surface area contributed by atoms with Crippen molar-refractivity contribution in [1.29, 1.82) is 0 Å². The van der Waals surface area contributed by atoms with Crippen LogP contribution in [-0.4, -0.2) is 17.5 Å². The Labute approximate surface area is 188 Å². The first-order valence-corrected chi connectivity index (χ1v) is 11.1. The zero-order valence-corrected chi connectivity index (χ0v) is 18.7. The number of aryl methyl sites for hydroxylation is 1. The van der Waals surface area contributed by atoms with E-state index in [4.69, 9.17) is 9.15 Å². The summed E-state index contributed by atoms with van der Waals surface area (Å²) in [5.41, 5.74) is 5.54. The Morgan fingerprint density at radius 3 is 2.62 bits per heavy atom. The van der Waals surface area contributed by atoms with E-state index >= 15 is 0 Å². The molecule has 0 aliphatic heterocycles. The van der Waals surface area contributed by atoms with Crippen LogP contribution in [0.15, 0.2) is 71.1 Å². The minimum Gasteiger partial charge on any atom is -0.484 e. The summed E-state index contributed by atoms with van der Waals surface area (Å²) in [5, 5.41) is 2.88. The van der Waals surface area contributed by atoms with E-state index in [9.17, 15) is 4.79 Å². The van der Waals surface area contributed by atoms with Gasteiger partial charge >= 0.3 is 0 Å². The molecule has 4 rings (SSSR count). The van der Waals surface area contributed by atoms with Crippen LogP contribution in [0.2, 0.25) is 0 Å². The van der Waals surface area contributed by atoms with E-state index in [0.717, 1.165) is 29.5 Å². The van der Waals surface area contributed by atoms with Crippen molar-refractivity contribution < 1.29 is 13.9 Å². The van der Waals surface area contributed by atoms with Crippen LogP contribution in [-0.2, 0) is 11.2 Å². The van der Waals surface area contributed by atoms with Crippen molar-refractivity contribution in [3.05, 3.63) is 77.9 Å². The number of rotatable bonds is 8. The van der Waals surface area contributed by atoms with Gasteiger partial charge in [-0.3, -0.25) is 4.79 Å². The summed E-state index contributed by atoms with van der Waals surface area (Å²) in [7, 11) is 0. The largest absolute Gasteiger partial charge is 0.484 e. The smallest absolute Gasteiger partial charge is 0.262 e. The zero-order valence-electron chi connectivity index (χ0n) is 18.7. The van der Waals surface area contributed by atoms with Crippen LogP contribution in [0.4, 0.5) is 5.69 Å². The van der Waals surface area contributed by atoms with Crippen molar-refractivity contribution in [3.63, 3.8) is 0 Å². The van der Waals surface area contributed by atoms with Crippen molar-refractivity contribution in [2.24, 2.45) is 0 Å². The molecule has 1 atom stereocenters. The molecule has 1 aromatic heterocycles. The Morgan fingerprint density at radius 1 is 1.06 bits per heavy atom. The fourth-order valence-electron chi connectivity index (χ4n) is 3.52. The van der Waals surface area contributed by atoms with E-state index in [2.05, 4.69) is 43.2 Å². The molecule has 0 radical (unpaired) electrons. The van der Waals surface area contributed by atoms with Crippen LogP contribution < -0.4 is 10.1 Å². The van der Waals surface area contributed by atoms with Gasteiger partial charge in [-0.25, -0.2) is 4.98 Å². The van der Waals surface area contributed by atoms with Gasteiger partial charge in [0.1, 0.15) is 11.3 Å². The maximum Gasteiger partial charge on any atom is 0.262 e. The number of fused-ring (bicyclic) bond motifs is 1. The number of amides is 1. The van der Waals surface area contributed by atoms with Crippen LogP contribution in [0, 0.1) is 0 Å². The molecular weight excluding hydrogens is 400 g/mol. The molecular formula is C27H28N2O3. The molecule has 3 aromatic carbocycles. The monoisotopic (exact) mass is 428 g/mol. The van der Waals surface area contributed by atoms with Crippen LogP contribution in [0.5, 0.6) is 5.75 Å². The zero-order chi connectivity index (χ0) is 22.5. The number of benzene rings is 3. The van der Waals surface area contributed by atoms with Gasteiger partial charge in [-0.2, -0.15) is 0 Å². The molecule has 0 aliphatic carbocycles. The van der Waals surface area contributed by atoms with Gasteiger partial charge < -0.3 is 14.5 Å². The second kappa shape index (κ2) is 9.69. The van der Waals surface area contributed by atoms with Gasteiger partial charge in [-0.1, -0.05) is 45.0 Å². The molecule has 0 aliphatic rings. The number of ether oxygens (including phenoxy) is 1. The molecule has 0 spiro atoms. The summed E-state index contributed by atoms with van der Waals surface area (Å²) >= 11 is 0. The number of hydrogen-bond acceptors (Lipinski definition) is 4. The van der Waals surface area contributed by atoms with E-state index < -0.39 is 0 Å². The highest BCUT2D eigenvalue weighted by atomic mass is 16.5. The third-order valence-corrected chi connectivity index (χ3v) is 5.68. The second-order valence-corrected chi connectivity index (χ2v) is 7.97. The Kier molecular flexibility index (Phi) is 6.55. The van der Waals surface area contributed by atoms with Gasteiger partial charge in [-0.15, -0.1) is 0 Å². The van der Waals surface area contributed by atoms with Crippen molar-refractivity contribution in [1.82, 2.24) is 4.98 Å². The molecule has 164 valence electrons. The number of oxazole rings is 1. The summed E-state index contributed by atoms with van der Waals surface area (Å²) in [6, 6.07) is 21.4. The summed E-state index contributed by atoms with van der Waals surface area (Å²) in [4.78, 5) is 17.0. The third kappa shape index (κ3) is 4.99. The van der Waals surface area contributed by atoms with Gasteiger partial charge in [-0.05, 0) is 72.4 Å². The molecule has 1 amide bonds. The van der Waals surface area contributed by atoms with Crippen molar-refractivity contribution in [2.75, 3.05) is 11.9 Å². The minimum absolute atomic E-state index is 0.0599. The van der Waals surface area contributed by atoms with Crippen molar-refractivity contribution in [2.45, 2.75) is 39.5 Å². The predicted octanol–water partition coefficient (Wildman–Crippen LogP) is 6.59. The normalized spacial score (nSPS) is 12.0. The number of nitrogens with one attached hydrogen (secondary N) is 1. The predicted molar refractivity (Wildman–Crippen MR) is 128 cm³/mol. The van der Waals surface area contributed by atoms with Crippen LogP contribution in [0.25, 0.3) is 22.6 Å². The highest BCUT2D eigenvalue weighted by molar-refractivity contribution is 5.92. The number of hydrogen-bond donors (Lipinski definition) is 1. The lowest BCUT2D eigenvalue weighted by Gasteiger charge is -2.11. The minimum atomic E-state index is -0.224. The van der Waals surface area contributed by atoms with Gasteiger partial charge in [0, 0.05) is 11.3 Å². The Balaban J connectivity index is 1.40. The fourth-order valence-corrected chi connectivity index (χ4v) is 3.52. The lowest BCUT2D eigenvalue weighted by molar-refractivity contribution is -0.118. The highest BCUT2D eigenvalue weighted by Crippen LogP contribution is 2.27. The number of carbonyl (C=O) groups excluding carboxylic acids is 1. The van der Waals surface area contributed by atoms with Crippen molar-refractivity contribution >= 4 is 22.7 Å². The first-order valence-electron chi connectivity index (χ1n) is 11.1. The topological polar surface area (TPSA) is 64.4 Å². The van der Waals surface area contributed by atoms with Gasteiger partial charge in [0.15, 0.2) is 12.2 Å². The Bertz CT molecular complexity index is 1210.